The molecule has 11 heteroatoms. The van der Waals surface area contributed by atoms with Crippen molar-refractivity contribution in [3.63, 3.8) is 0 Å². The van der Waals surface area contributed by atoms with E-state index in [1.807, 2.05) is 13.0 Å². The van der Waals surface area contributed by atoms with Crippen LogP contribution in [-0.2, 0) is 17.5 Å². The smallest absolute Gasteiger partial charge is 0.451 e. The number of amides is 1. The Bertz CT molecular complexity index is 1100. The highest BCUT2D eigenvalue weighted by atomic mass is 32.1. The molecule has 7 nitrogen and oxygen atoms in total. The third-order valence-corrected chi connectivity index (χ3v) is 5.60. The Kier molecular flexibility index (Phi) is 6.38. The van der Waals surface area contributed by atoms with Crippen LogP contribution in [0.15, 0.2) is 36.8 Å². The predicted octanol–water partition coefficient (Wildman–Crippen LogP) is 4.03. The van der Waals surface area contributed by atoms with Gasteiger partial charge in [0.15, 0.2) is 0 Å². The molecule has 1 aliphatic heterocycles. The van der Waals surface area contributed by atoms with Crippen LogP contribution in [0.1, 0.15) is 33.0 Å². The Labute approximate surface area is 185 Å². The Hall–Kier alpha value is -3.05. The molecule has 1 fully saturated rings. The van der Waals surface area contributed by atoms with E-state index in [2.05, 4.69) is 20.3 Å². The molecular formula is C21H19F3N4O3S. The van der Waals surface area contributed by atoms with Gasteiger partial charge in [0.2, 0.25) is 5.82 Å². The van der Waals surface area contributed by atoms with Crippen molar-refractivity contribution < 1.29 is 27.4 Å². The third kappa shape index (κ3) is 5.40. The number of benzene rings is 1. The number of hydrogen-bond acceptors (Lipinski definition) is 7. The molecule has 32 heavy (non-hydrogen) atoms. The molecule has 1 atom stereocenters. The molecule has 1 N–H and O–H groups in total. The van der Waals surface area contributed by atoms with Gasteiger partial charge >= 0.3 is 6.18 Å². The number of nitrogens with one attached hydrogen (secondary N) is 1. The minimum atomic E-state index is -4.61. The number of carbonyl (C=O) groups is 1. The van der Waals surface area contributed by atoms with Crippen molar-refractivity contribution in [2.45, 2.75) is 32.2 Å². The maximum Gasteiger partial charge on any atom is 0.451 e. The minimum Gasteiger partial charge on any atom is -0.488 e. The number of rotatable bonds is 6. The second-order valence-corrected chi connectivity index (χ2v) is 8.46. The van der Waals surface area contributed by atoms with Crippen molar-refractivity contribution in [2.24, 2.45) is 0 Å². The van der Waals surface area contributed by atoms with Crippen molar-refractivity contribution in [3.05, 3.63) is 58.6 Å². The Morgan fingerprint density at radius 3 is 2.62 bits per heavy atom. The zero-order valence-electron chi connectivity index (χ0n) is 17.0. The Morgan fingerprint density at radius 1 is 1.22 bits per heavy atom. The molecule has 2 aromatic heterocycles. The summed E-state index contributed by atoms with van der Waals surface area (Å²) in [6.07, 6.45) is -0.113. The van der Waals surface area contributed by atoms with Gasteiger partial charge in [-0.05, 0) is 25.1 Å². The van der Waals surface area contributed by atoms with Gasteiger partial charge in [0, 0.05) is 53.1 Å². The molecule has 1 saturated heterocycles. The minimum absolute atomic E-state index is 0.0236. The number of aryl methyl sites for hydroxylation is 1. The fraction of sp³-hybridized carbons (Fsp3) is 0.333. The van der Waals surface area contributed by atoms with Gasteiger partial charge in [-0.15, -0.1) is 11.3 Å². The fourth-order valence-electron chi connectivity index (χ4n) is 3.08. The van der Waals surface area contributed by atoms with Crippen LogP contribution in [0, 0.1) is 6.92 Å². The first kappa shape index (κ1) is 22.2. The lowest BCUT2D eigenvalue weighted by molar-refractivity contribution is -0.145. The molecular weight excluding hydrogens is 445 g/mol. The summed E-state index contributed by atoms with van der Waals surface area (Å²) < 4.78 is 49.1. The first-order chi connectivity index (χ1) is 15.3. The first-order valence-electron chi connectivity index (χ1n) is 9.76. The van der Waals surface area contributed by atoms with Crippen LogP contribution in [0.2, 0.25) is 0 Å². The van der Waals surface area contributed by atoms with Crippen molar-refractivity contribution in [1.82, 2.24) is 20.3 Å². The quantitative estimate of drug-likeness (QED) is 0.593. The Balaban J connectivity index is 1.52. The van der Waals surface area contributed by atoms with E-state index in [-0.39, 0.29) is 12.6 Å². The topological polar surface area (TPSA) is 86.2 Å². The zero-order chi connectivity index (χ0) is 22.7. The van der Waals surface area contributed by atoms with E-state index in [1.165, 1.54) is 11.3 Å². The maximum atomic E-state index is 12.8. The lowest BCUT2D eigenvalue weighted by Crippen LogP contribution is -2.24. The van der Waals surface area contributed by atoms with Crippen LogP contribution in [0.3, 0.4) is 0 Å². The van der Waals surface area contributed by atoms with E-state index in [9.17, 15) is 18.0 Å². The van der Waals surface area contributed by atoms with Gasteiger partial charge in [-0.3, -0.25) is 4.79 Å². The Morgan fingerprint density at radius 2 is 2.00 bits per heavy atom. The SMILES string of the molecule is Cc1cnc(-c2cc(OC3CCOC3)cc(C(=O)NCc3cnc(C(F)(F)F)nc3)c2)s1. The van der Waals surface area contributed by atoms with Gasteiger partial charge in [-0.25, -0.2) is 15.0 Å². The lowest BCUT2D eigenvalue weighted by atomic mass is 10.1. The molecule has 3 aromatic rings. The molecule has 0 spiro atoms. The molecule has 0 radical (unpaired) electrons. The highest BCUT2D eigenvalue weighted by Crippen LogP contribution is 2.30. The normalized spacial score (nSPS) is 16.2. The number of alkyl halides is 3. The van der Waals surface area contributed by atoms with E-state index in [0.717, 1.165) is 34.3 Å². The summed E-state index contributed by atoms with van der Waals surface area (Å²) in [5, 5.41) is 3.43. The number of hydrogen-bond donors (Lipinski definition) is 1. The second-order valence-electron chi connectivity index (χ2n) is 7.22. The van der Waals surface area contributed by atoms with Crippen molar-refractivity contribution in [1.29, 1.82) is 0 Å². The molecule has 0 aliphatic carbocycles. The fourth-order valence-corrected chi connectivity index (χ4v) is 3.84. The van der Waals surface area contributed by atoms with Crippen LogP contribution in [0.25, 0.3) is 10.6 Å². The van der Waals surface area contributed by atoms with E-state index in [1.54, 1.807) is 18.3 Å². The van der Waals surface area contributed by atoms with E-state index in [0.29, 0.717) is 30.1 Å². The van der Waals surface area contributed by atoms with Gasteiger partial charge in [-0.2, -0.15) is 13.2 Å². The molecule has 3 heterocycles. The zero-order valence-corrected chi connectivity index (χ0v) is 17.8. The molecule has 0 saturated carbocycles. The highest BCUT2D eigenvalue weighted by Gasteiger charge is 2.34. The average Bonchev–Trinajstić information content (AvgIpc) is 3.43. The molecule has 168 valence electrons. The monoisotopic (exact) mass is 464 g/mol. The van der Waals surface area contributed by atoms with Crippen molar-refractivity contribution in [2.75, 3.05) is 13.2 Å². The van der Waals surface area contributed by atoms with Gasteiger partial charge in [0.1, 0.15) is 16.9 Å². The molecule has 1 amide bonds. The molecule has 1 aromatic carbocycles. The van der Waals surface area contributed by atoms with Crippen LogP contribution in [0.4, 0.5) is 13.2 Å². The molecule has 1 aliphatic rings. The predicted molar refractivity (Wildman–Crippen MR) is 110 cm³/mol. The van der Waals surface area contributed by atoms with Crippen LogP contribution in [0.5, 0.6) is 5.75 Å². The summed E-state index contributed by atoms with van der Waals surface area (Å²) >= 11 is 1.49. The maximum absolute atomic E-state index is 12.8. The lowest BCUT2D eigenvalue weighted by Gasteiger charge is -2.14. The molecule has 4 rings (SSSR count). The number of thiazole rings is 1. The summed E-state index contributed by atoms with van der Waals surface area (Å²) in [6, 6.07) is 5.16. The van der Waals surface area contributed by atoms with Crippen LogP contribution >= 0.6 is 11.3 Å². The first-order valence-corrected chi connectivity index (χ1v) is 10.6. The van der Waals surface area contributed by atoms with E-state index >= 15 is 0 Å². The van der Waals surface area contributed by atoms with Crippen LogP contribution in [-0.4, -0.2) is 40.2 Å². The van der Waals surface area contributed by atoms with E-state index < -0.39 is 17.9 Å². The van der Waals surface area contributed by atoms with Gasteiger partial charge in [0.05, 0.1) is 13.2 Å². The van der Waals surface area contributed by atoms with Crippen molar-refractivity contribution >= 4 is 17.2 Å². The number of carbonyl (C=O) groups excluding carboxylic acids is 1. The number of halogens is 3. The summed E-state index contributed by atoms with van der Waals surface area (Å²) in [4.78, 5) is 24.8. The largest absolute Gasteiger partial charge is 0.488 e. The average molecular weight is 464 g/mol. The van der Waals surface area contributed by atoms with Gasteiger partial charge in [-0.1, -0.05) is 0 Å². The number of ether oxygens (including phenoxy) is 2. The summed E-state index contributed by atoms with van der Waals surface area (Å²) in [5.41, 5.74) is 1.43. The van der Waals surface area contributed by atoms with Crippen LogP contribution < -0.4 is 10.1 Å². The summed E-state index contributed by atoms with van der Waals surface area (Å²) in [7, 11) is 0. The summed E-state index contributed by atoms with van der Waals surface area (Å²) in [5.74, 6) is -1.11. The highest BCUT2D eigenvalue weighted by molar-refractivity contribution is 7.14. The molecule has 0 bridgehead atoms. The van der Waals surface area contributed by atoms with Gasteiger partial charge in [0.25, 0.3) is 5.91 Å². The van der Waals surface area contributed by atoms with Gasteiger partial charge < -0.3 is 14.8 Å². The number of aromatic nitrogens is 3. The molecule has 1 unspecified atom stereocenters. The number of nitrogens with zero attached hydrogens (tertiary/aromatic N) is 3. The second kappa shape index (κ2) is 9.21. The van der Waals surface area contributed by atoms with E-state index in [4.69, 9.17) is 9.47 Å². The third-order valence-electron chi connectivity index (χ3n) is 4.64. The standard InChI is InChI=1S/C21H19F3N4O3S/c1-12-7-26-19(32-12)15-4-14(5-17(6-15)31-16-2-3-30-11-16)18(29)25-8-13-9-27-20(28-10-13)21(22,23)24/h4-7,9-10,16H,2-3,8,11H2,1H3,(H,25,29). The van der Waals surface area contributed by atoms with Crippen molar-refractivity contribution in [3.8, 4) is 16.3 Å². The summed E-state index contributed by atoms with van der Waals surface area (Å²) in [6.45, 7) is 3.02.